The number of hydrogen-bond acceptors (Lipinski definition) is 4. The third-order valence-electron chi connectivity index (χ3n) is 4.70. The van der Waals surface area contributed by atoms with Crippen LogP contribution in [0.25, 0.3) is 0 Å². The van der Waals surface area contributed by atoms with Crippen molar-refractivity contribution < 1.29 is 14.3 Å². The molecule has 0 spiro atoms. The SMILES string of the molecule is COc1cc(N)cc(CCC(=O)N(C)C2CCCCC2)c1OC. The van der Waals surface area contributed by atoms with Crippen LogP contribution in [0.5, 0.6) is 11.5 Å². The van der Waals surface area contributed by atoms with Gasteiger partial charge in [-0.05, 0) is 25.3 Å². The highest BCUT2D eigenvalue weighted by molar-refractivity contribution is 5.76. The molecule has 0 atom stereocenters. The fourth-order valence-electron chi connectivity index (χ4n) is 3.34. The van der Waals surface area contributed by atoms with Crippen molar-refractivity contribution >= 4 is 11.6 Å². The van der Waals surface area contributed by atoms with E-state index in [1.54, 1.807) is 20.3 Å². The van der Waals surface area contributed by atoms with Gasteiger partial charge >= 0.3 is 0 Å². The van der Waals surface area contributed by atoms with E-state index >= 15 is 0 Å². The zero-order chi connectivity index (χ0) is 16.8. The molecule has 128 valence electrons. The van der Waals surface area contributed by atoms with E-state index in [0.29, 0.717) is 36.1 Å². The highest BCUT2D eigenvalue weighted by Gasteiger charge is 2.22. The van der Waals surface area contributed by atoms with Gasteiger partial charge in [0.2, 0.25) is 5.91 Å². The lowest BCUT2D eigenvalue weighted by molar-refractivity contribution is -0.132. The third-order valence-corrected chi connectivity index (χ3v) is 4.70. The number of nitrogens with zero attached hydrogens (tertiary/aromatic N) is 1. The average molecular weight is 320 g/mol. The van der Waals surface area contributed by atoms with E-state index in [0.717, 1.165) is 18.4 Å². The Bertz CT molecular complexity index is 539. The number of nitrogens with two attached hydrogens (primary N) is 1. The van der Waals surface area contributed by atoms with E-state index in [4.69, 9.17) is 15.2 Å². The van der Waals surface area contributed by atoms with Gasteiger partial charge < -0.3 is 20.1 Å². The molecule has 5 nitrogen and oxygen atoms in total. The predicted molar refractivity (Wildman–Crippen MR) is 91.9 cm³/mol. The van der Waals surface area contributed by atoms with Crippen LogP contribution in [0.4, 0.5) is 5.69 Å². The van der Waals surface area contributed by atoms with Gasteiger partial charge in [-0.2, -0.15) is 0 Å². The number of aryl methyl sites for hydroxylation is 1. The summed E-state index contributed by atoms with van der Waals surface area (Å²) in [5, 5.41) is 0. The maximum Gasteiger partial charge on any atom is 0.222 e. The normalized spacial score (nSPS) is 15.3. The second kappa shape index (κ2) is 8.09. The Morgan fingerprint density at radius 2 is 1.91 bits per heavy atom. The first kappa shape index (κ1) is 17.4. The lowest BCUT2D eigenvalue weighted by Crippen LogP contribution is -2.38. The molecular weight excluding hydrogens is 292 g/mol. The van der Waals surface area contributed by atoms with Crippen molar-refractivity contribution in [2.45, 2.75) is 51.0 Å². The summed E-state index contributed by atoms with van der Waals surface area (Å²) >= 11 is 0. The van der Waals surface area contributed by atoms with Crippen LogP contribution in [0.15, 0.2) is 12.1 Å². The molecule has 23 heavy (non-hydrogen) atoms. The van der Waals surface area contributed by atoms with E-state index < -0.39 is 0 Å². The maximum atomic E-state index is 12.5. The molecule has 1 aliphatic rings. The van der Waals surface area contributed by atoms with Crippen molar-refractivity contribution in [3.63, 3.8) is 0 Å². The summed E-state index contributed by atoms with van der Waals surface area (Å²) in [5.74, 6) is 1.45. The van der Waals surface area contributed by atoms with E-state index in [-0.39, 0.29) is 5.91 Å². The number of rotatable bonds is 6. The quantitative estimate of drug-likeness (QED) is 0.818. The largest absolute Gasteiger partial charge is 0.493 e. The molecule has 0 saturated heterocycles. The Morgan fingerprint density at radius 1 is 1.22 bits per heavy atom. The molecule has 1 aromatic carbocycles. The first-order valence-electron chi connectivity index (χ1n) is 8.32. The Morgan fingerprint density at radius 3 is 2.52 bits per heavy atom. The van der Waals surface area contributed by atoms with Gasteiger partial charge in [-0.3, -0.25) is 4.79 Å². The van der Waals surface area contributed by atoms with Crippen LogP contribution >= 0.6 is 0 Å². The standard InChI is InChI=1S/C18H28N2O3/c1-20(15-7-5-4-6-8-15)17(21)10-9-13-11-14(19)12-16(22-2)18(13)23-3/h11-12,15H,4-10,19H2,1-3H3. The van der Waals surface area contributed by atoms with Crippen molar-refractivity contribution in [3.05, 3.63) is 17.7 Å². The summed E-state index contributed by atoms with van der Waals surface area (Å²) in [4.78, 5) is 14.4. The molecule has 1 amide bonds. The van der Waals surface area contributed by atoms with Crippen LogP contribution in [-0.4, -0.2) is 38.1 Å². The van der Waals surface area contributed by atoms with Crippen molar-refractivity contribution in [2.24, 2.45) is 0 Å². The Kier molecular flexibility index (Phi) is 6.13. The Labute approximate surface area is 138 Å². The molecule has 1 aromatic rings. The minimum Gasteiger partial charge on any atom is -0.493 e. The first-order chi connectivity index (χ1) is 11.1. The molecule has 0 heterocycles. The lowest BCUT2D eigenvalue weighted by atomic mass is 9.94. The van der Waals surface area contributed by atoms with E-state index in [1.165, 1.54) is 19.3 Å². The summed E-state index contributed by atoms with van der Waals surface area (Å²) in [6.45, 7) is 0. The first-order valence-corrected chi connectivity index (χ1v) is 8.32. The van der Waals surface area contributed by atoms with E-state index in [1.807, 2.05) is 18.0 Å². The highest BCUT2D eigenvalue weighted by atomic mass is 16.5. The van der Waals surface area contributed by atoms with Gasteiger partial charge in [0.05, 0.1) is 14.2 Å². The van der Waals surface area contributed by atoms with E-state index in [9.17, 15) is 4.79 Å². The summed E-state index contributed by atoms with van der Waals surface area (Å²) in [6, 6.07) is 3.99. The zero-order valence-electron chi connectivity index (χ0n) is 14.4. The number of nitrogen functional groups attached to an aromatic ring is 1. The summed E-state index contributed by atoms with van der Waals surface area (Å²) in [5.41, 5.74) is 7.44. The molecule has 2 N–H and O–H groups in total. The van der Waals surface area contributed by atoms with Crippen LogP contribution in [0.2, 0.25) is 0 Å². The van der Waals surface area contributed by atoms with Gasteiger partial charge in [0.15, 0.2) is 11.5 Å². The van der Waals surface area contributed by atoms with Gasteiger partial charge in [-0.25, -0.2) is 0 Å². The molecule has 1 fully saturated rings. The van der Waals surface area contributed by atoms with Crippen molar-refractivity contribution in [1.82, 2.24) is 4.90 Å². The predicted octanol–water partition coefficient (Wildman–Crippen LogP) is 3.01. The molecule has 0 aliphatic heterocycles. The minimum atomic E-state index is 0.181. The molecule has 5 heteroatoms. The number of anilines is 1. The summed E-state index contributed by atoms with van der Waals surface area (Å²) < 4.78 is 10.7. The summed E-state index contributed by atoms with van der Waals surface area (Å²) in [7, 11) is 5.12. The number of carbonyl (C=O) groups excluding carboxylic acids is 1. The number of amides is 1. The highest BCUT2D eigenvalue weighted by Crippen LogP contribution is 2.34. The van der Waals surface area contributed by atoms with Gasteiger partial charge in [0.1, 0.15) is 0 Å². The van der Waals surface area contributed by atoms with Crippen molar-refractivity contribution in [1.29, 1.82) is 0 Å². The topological polar surface area (TPSA) is 64.8 Å². The number of ether oxygens (including phenoxy) is 2. The third kappa shape index (κ3) is 4.30. The van der Waals surface area contributed by atoms with Gasteiger partial charge in [-0.15, -0.1) is 0 Å². The summed E-state index contributed by atoms with van der Waals surface area (Å²) in [6.07, 6.45) is 7.04. The molecule has 0 bridgehead atoms. The maximum absolute atomic E-state index is 12.5. The smallest absolute Gasteiger partial charge is 0.222 e. The van der Waals surface area contributed by atoms with Crippen LogP contribution in [0, 0.1) is 0 Å². The lowest BCUT2D eigenvalue weighted by Gasteiger charge is -2.31. The fraction of sp³-hybridized carbons (Fsp3) is 0.611. The van der Waals surface area contributed by atoms with Gasteiger partial charge in [0, 0.05) is 36.8 Å². The monoisotopic (exact) mass is 320 g/mol. The van der Waals surface area contributed by atoms with Gasteiger partial charge in [-0.1, -0.05) is 19.3 Å². The fourth-order valence-corrected chi connectivity index (χ4v) is 3.34. The number of hydrogen-bond donors (Lipinski definition) is 1. The van der Waals surface area contributed by atoms with Gasteiger partial charge in [0.25, 0.3) is 0 Å². The second-order valence-electron chi connectivity index (χ2n) is 6.21. The van der Waals surface area contributed by atoms with E-state index in [2.05, 4.69) is 0 Å². The van der Waals surface area contributed by atoms with Crippen LogP contribution in [0.3, 0.4) is 0 Å². The number of carbonyl (C=O) groups is 1. The van der Waals surface area contributed by atoms with Crippen molar-refractivity contribution in [3.8, 4) is 11.5 Å². The number of methoxy groups -OCH3 is 2. The molecule has 1 saturated carbocycles. The average Bonchev–Trinajstić information content (AvgIpc) is 2.59. The second-order valence-corrected chi connectivity index (χ2v) is 6.21. The van der Waals surface area contributed by atoms with Crippen LogP contribution < -0.4 is 15.2 Å². The molecule has 2 rings (SSSR count). The Balaban J connectivity index is 2.02. The molecule has 0 unspecified atom stereocenters. The van der Waals surface area contributed by atoms with Crippen LogP contribution in [-0.2, 0) is 11.2 Å². The Hall–Kier alpha value is -1.91. The molecule has 0 radical (unpaired) electrons. The van der Waals surface area contributed by atoms with Crippen molar-refractivity contribution in [2.75, 3.05) is 27.0 Å². The minimum absolute atomic E-state index is 0.181. The number of benzene rings is 1. The zero-order valence-corrected chi connectivity index (χ0v) is 14.4. The molecule has 0 aromatic heterocycles. The van der Waals surface area contributed by atoms with Crippen LogP contribution in [0.1, 0.15) is 44.1 Å². The molecule has 1 aliphatic carbocycles. The molecular formula is C18H28N2O3.